The lowest BCUT2D eigenvalue weighted by Crippen LogP contribution is -2.61. The number of amides is 3. The number of urea groups is 1. The Morgan fingerprint density at radius 3 is 2.67 bits per heavy atom. The van der Waals surface area contributed by atoms with E-state index in [0.717, 1.165) is 4.90 Å². The smallest absolute Gasteiger partial charge is 0.364 e. The van der Waals surface area contributed by atoms with Crippen LogP contribution in [0.2, 0.25) is 0 Å². The Bertz CT molecular complexity index is 474. The Balaban J connectivity index is 2.33. The molecule has 2 rings (SSSR count). The van der Waals surface area contributed by atoms with Crippen molar-refractivity contribution in [2.24, 2.45) is 4.99 Å². The van der Waals surface area contributed by atoms with Crippen LogP contribution in [0.15, 0.2) is 4.99 Å². The third-order valence-corrected chi connectivity index (χ3v) is 3.65. The number of hydrogen-bond acceptors (Lipinski definition) is 4. The summed E-state index contributed by atoms with van der Waals surface area (Å²) in [5.41, 5.74) is 0. The summed E-state index contributed by atoms with van der Waals surface area (Å²) in [7, 11) is 4.67. The molecule has 2 aliphatic rings. The highest BCUT2D eigenvalue weighted by Crippen LogP contribution is 2.20. The van der Waals surface area contributed by atoms with Gasteiger partial charge in [0.2, 0.25) is 0 Å². The summed E-state index contributed by atoms with van der Waals surface area (Å²) in [5, 5.41) is 0. The molecule has 1 saturated heterocycles. The summed E-state index contributed by atoms with van der Waals surface area (Å²) < 4.78 is 7.33. The van der Waals surface area contributed by atoms with Crippen molar-refractivity contribution in [2.45, 2.75) is 6.04 Å². The van der Waals surface area contributed by atoms with Crippen LogP contribution in [0.5, 0.6) is 0 Å². The fraction of sp³-hybridized carbons (Fsp3) is 0.600. The number of aliphatic imine (C=N–C) groups is 1. The number of carbonyl (C=O) groups is 2. The summed E-state index contributed by atoms with van der Waals surface area (Å²) in [4.78, 5) is 30.7. The first-order chi connectivity index (χ1) is 8.49. The van der Waals surface area contributed by atoms with E-state index in [1.807, 2.05) is 0 Å². The van der Waals surface area contributed by atoms with E-state index in [-0.39, 0.29) is 11.9 Å². The van der Waals surface area contributed by atoms with Gasteiger partial charge in [-0.3, -0.25) is 14.6 Å². The molecular formula is C10H14BrN4O3+. The number of ether oxygens (including phenoxy) is 1. The van der Waals surface area contributed by atoms with Gasteiger partial charge >= 0.3 is 10.8 Å². The minimum Gasteiger partial charge on any atom is -0.381 e. The van der Waals surface area contributed by atoms with Crippen LogP contribution in [-0.4, -0.2) is 77.3 Å². The normalized spacial score (nSPS) is 23.8. The van der Waals surface area contributed by atoms with E-state index < -0.39 is 6.04 Å². The summed E-state index contributed by atoms with van der Waals surface area (Å²) in [6.45, 7) is 0.999. The van der Waals surface area contributed by atoms with Gasteiger partial charge in [-0.2, -0.15) is 0 Å². The van der Waals surface area contributed by atoms with Crippen LogP contribution >= 0.6 is 15.9 Å². The van der Waals surface area contributed by atoms with E-state index >= 15 is 0 Å². The molecular weight excluding hydrogens is 304 g/mol. The molecule has 1 atom stereocenters. The first-order valence-electron chi connectivity index (χ1n) is 5.41. The van der Waals surface area contributed by atoms with Crippen molar-refractivity contribution in [1.82, 2.24) is 9.80 Å². The summed E-state index contributed by atoms with van der Waals surface area (Å²) in [6.07, 6.45) is 0. The molecule has 2 aliphatic heterocycles. The molecule has 0 aromatic rings. The topological polar surface area (TPSA) is 65.2 Å². The van der Waals surface area contributed by atoms with Gasteiger partial charge in [-0.25, -0.2) is 9.37 Å². The maximum absolute atomic E-state index is 12.2. The Hall–Kier alpha value is -1.28. The maximum Gasteiger partial charge on any atom is 0.364 e. The van der Waals surface area contributed by atoms with E-state index in [4.69, 9.17) is 4.74 Å². The number of rotatable bonds is 3. The third-order valence-electron chi connectivity index (χ3n) is 3.02. The molecule has 8 heteroatoms. The Labute approximate surface area is 113 Å². The van der Waals surface area contributed by atoms with Crippen LogP contribution in [0.25, 0.3) is 0 Å². The largest absolute Gasteiger partial charge is 0.381 e. The van der Waals surface area contributed by atoms with Crippen molar-refractivity contribution < 1.29 is 18.9 Å². The molecule has 1 fully saturated rings. The second-order valence-corrected chi connectivity index (χ2v) is 4.78. The zero-order valence-electron chi connectivity index (χ0n) is 10.4. The number of imide groups is 1. The number of amidine groups is 2. The molecule has 7 nitrogen and oxygen atoms in total. The fourth-order valence-corrected chi connectivity index (χ4v) is 2.54. The molecule has 0 spiro atoms. The molecule has 0 N–H and O–H groups in total. The Morgan fingerprint density at radius 2 is 2.06 bits per heavy atom. The van der Waals surface area contributed by atoms with Gasteiger partial charge < -0.3 is 4.74 Å². The fourth-order valence-electron chi connectivity index (χ4n) is 1.98. The highest BCUT2D eigenvalue weighted by molar-refractivity contribution is 9.18. The Kier molecular flexibility index (Phi) is 3.49. The quantitative estimate of drug-likeness (QED) is 0.530. The maximum atomic E-state index is 12.2. The molecule has 1 unspecified atom stereocenters. The SMILES string of the molecule is COCC[N+]1=C(Br)N=C2C1C(=O)N(C)C(=O)N2C. The lowest BCUT2D eigenvalue weighted by molar-refractivity contribution is -0.534. The van der Waals surface area contributed by atoms with E-state index in [1.54, 1.807) is 18.7 Å². The highest BCUT2D eigenvalue weighted by atomic mass is 79.9. The van der Waals surface area contributed by atoms with E-state index in [0.29, 0.717) is 23.7 Å². The van der Waals surface area contributed by atoms with Gasteiger partial charge in [0.25, 0.3) is 17.8 Å². The van der Waals surface area contributed by atoms with Crippen molar-refractivity contribution in [1.29, 1.82) is 0 Å². The first kappa shape index (κ1) is 13.2. The zero-order valence-corrected chi connectivity index (χ0v) is 12.0. The van der Waals surface area contributed by atoms with Crippen LogP contribution in [0.4, 0.5) is 4.79 Å². The number of halogens is 1. The molecule has 0 saturated carbocycles. The van der Waals surface area contributed by atoms with Crippen molar-refractivity contribution in [3.05, 3.63) is 0 Å². The number of nitrogens with zero attached hydrogens (tertiary/aromatic N) is 4. The Morgan fingerprint density at radius 1 is 1.39 bits per heavy atom. The van der Waals surface area contributed by atoms with Crippen molar-refractivity contribution in [2.75, 3.05) is 34.4 Å². The predicted octanol–water partition coefficient (Wildman–Crippen LogP) is -0.299. The molecule has 18 heavy (non-hydrogen) atoms. The molecule has 98 valence electrons. The van der Waals surface area contributed by atoms with Gasteiger partial charge in [-0.15, -0.1) is 0 Å². The molecule has 2 heterocycles. The molecule has 3 amide bonds. The lowest BCUT2D eigenvalue weighted by Gasteiger charge is -2.30. The number of methoxy groups -OCH3 is 1. The molecule has 0 aliphatic carbocycles. The van der Waals surface area contributed by atoms with Crippen LogP contribution in [-0.2, 0) is 9.53 Å². The van der Waals surface area contributed by atoms with Crippen LogP contribution < -0.4 is 0 Å². The molecule has 0 radical (unpaired) electrons. The summed E-state index contributed by atoms with van der Waals surface area (Å²) >= 11 is 3.31. The number of hydrogen-bond donors (Lipinski definition) is 0. The van der Waals surface area contributed by atoms with Gasteiger partial charge in [0.15, 0.2) is 0 Å². The second-order valence-electron chi connectivity index (χ2n) is 4.07. The number of carbonyl (C=O) groups excluding carboxylic acids is 2. The summed E-state index contributed by atoms with van der Waals surface area (Å²) in [6, 6.07) is -0.925. The molecule has 0 aromatic heterocycles. The van der Waals surface area contributed by atoms with Gasteiger partial charge in [-0.1, -0.05) is 0 Å². The monoisotopic (exact) mass is 317 g/mol. The highest BCUT2D eigenvalue weighted by Gasteiger charge is 2.52. The van der Waals surface area contributed by atoms with Crippen molar-refractivity contribution in [3.8, 4) is 0 Å². The number of fused-ring (bicyclic) bond motifs is 1. The molecule has 0 bridgehead atoms. The minimum absolute atomic E-state index is 0.276. The van der Waals surface area contributed by atoms with Gasteiger partial charge in [-0.05, 0) is 4.99 Å². The average molecular weight is 318 g/mol. The predicted molar refractivity (Wildman–Crippen MR) is 68.1 cm³/mol. The number of likely N-dealkylation sites (N-methyl/N-ethyl adjacent to an activating group) is 2. The van der Waals surface area contributed by atoms with Crippen LogP contribution in [0, 0.1) is 0 Å². The average Bonchev–Trinajstić information content (AvgIpc) is 2.68. The van der Waals surface area contributed by atoms with Crippen LogP contribution in [0.3, 0.4) is 0 Å². The van der Waals surface area contributed by atoms with Crippen LogP contribution in [0.1, 0.15) is 0 Å². The van der Waals surface area contributed by atoms with Crippen molar-refractivity contribution in [3.63, 3.8) is 0 Å². The van der Waals surface area contributed by atoms with E-state index in [9.17, 15) is 9.59 Å². The van der Waals surface area contributed by atoms with Gasteiger partial charge in [0.05, 0.1) is 22.5 Å². The lowest BCUT2D eigenvalue weighted by atomic mass is 10.1. The molecule has 0 aromatic carbocycles. The van der Waals surface area contributed by atoms with Crippen molar-refractivity contribution >= 4 is 38.4 Å². The van der Waals surface area contributed by atoms with Gasteiger partial charge in [0.1, 0.15) is 6.54 Å². The van der Waals surface area contributed by atoms with E-state index in [2.05, 4.69) is 20.9 Å². The zero-order chi connectivity index (χ0) is 13.4. The minimum atomic E-state index is -0.553. The third kappa shape index (κ3) is 1.85. The standard InChI is InChI=1S/C10H14BrN4O3/c1-13-7-6(8(16)14(2)10(13)17)15(4-5-18-3)9(11)12-7/h6H,4-5H2,1-3H3/q+1. The second kappa shape index (κ2) is 4.77. The van der Waals surface area contributed by atoms with Gasteiger partial charge in [0, 0.05) is 21.2 Å². The van der Waals surface area contributed by atoms with E-state index in [1.165, 1.54) is 11.9 Å². The first-order valence-corrected chi connectivity index (χ1v) is 6.20. The summed E-state index contributed by atoms with van der Waals surface area (Å²) in [5.74, 6) is 0.175.